The molecule has 25 heavy (non-hydrogen) atoms. The SMILES string of the molecule is COc1ccccc1C(CC(=O)Nc1ccc(C)cc1)n1cccc1. The fourth-order valence-corrected chi connectivity index (χ4v) is 2.90. The van der Waals surface area contributed by atoms with Crippen LogP contribution in [0, 0.1) is 6.92 Å². The molecule has 0 saturated heterocycles. The topological polar surface area (TPSA) is 43.3 Å². The first-order valence-corrected chi connectivity index (χ1v) is 8.29. The minimum Gasteiger partial charge on any atom is -0.496 e. The van der Waals surface area contributed by atoms with Crippen molar-refractivity contribution in [3.05, 3.63) is 84.2 Å². The van der Waals surface area contributed by atoms with Gasteiger partial charge in [-0.05, 0) is 37.3 Å². The molecule has 1 heterocycles. The van der Waals surface area contributed by atoms with Crippen LogP contribution < -0.4 is 10.1 Å². The molecule has 1 amide bonds. The molecule has 0 spiro atoms. The Bertz CT molecular complexity index is 823. The molecular formula is C21H22N2O2. The van der Waals surface area contributed by atoms with Gasteiger partial charge in [0.15, 0.2) is 0 Å². The lowest BCUT2D eigenvalue weighted by Crippen LogP contribution is -2.20. The Morgan fingerprint density at radius 1 is 1.04 bits per heavy atom. The van der Waals surface area contributed by atoms with Crippen molar-refractivity contribution >= 4 is 11.6 Å². The van der Waals surface area contributed by atoms with E-state index in [2.05, 4.69) is 5.32 Å². The third-order valence-electron chi connectivity index (χ3n) is 4.20. The van der Waals surface area contributed by atoms with Gasteiger partial charge in [-0.15, -0.1) is 0 Å². The number of methoxy groups -OCH3 is 1. The first-order valence-electron chi connectivity index (χ1n) is 8.29. The molecule has 1 unspecified atom stereocenters. The van der Waals surface area contributed by atoms with Crippen LogP contribution in [0.3, 0.4) is 0 Å². The van der Waals surface area contributed by atoms with Crippen molar-refractivity contribution in [1.82, 2.24) is 4.57 Å². The van der Waals surface area contributed by atoms with Gasteiger partial charge in [-0.1, -0.05) is 35.9 Å². The molecule has 2 aromatic carbocycles. The smallest absolute Gasteiger partial charge is 0.226 e. The van der Waals surface area contributed by atoms with Crippen molar-refractivity contribution in [3.63, 3.8) is 0 Å². The lowest BCUT2D eigenvalue weighted by Gasteiger charge is -2.21. The molecule has 1 atom stereocenters. The van der Waals surface area contributed by atoms with Gasteiger partial charge in [-0.3, -0.25) is 4.79 Å². The van der Waals surface area contributed by atoms with Gasteiger partial charge < -0.3 is 14.6 Å². The predicted octanol–water partition coefficient (Wildman–Crippen LogP) is 4.42. The second kappa shape index (κ2) is 7.71. The van der Waals surface area contributed by atoms with E-state index in [1.807, 2.05) is 84.5 Å². The molecular weight excluding hydrogens is 312 g/mol. The number of ether oxygens (including phenoxy) is 1. The molecule has 3 aromatic rings. The summed E-state index contributed by atoms with van der Waals surface area (Å²) in [4.78, 5) is 12.6. The van der Waals surface area contributed by atoms with E-state index in [-0.39, 0.29) is 11.9 Å². The largest absolute Gasteiger partial charge is 0.496 e. The molecule has 128 valence electrons. The molecule has 0 bridgehead atoms. The van der Waals surface area contributed by atoms with Crippen LogP contribution in [0.1, 0.15) is 23.6 Å². The normalized spacial score (nSPS) is 11.8. The summed E-state index contributed by atoms with van der Waals surface area (Å²) in [5.74, 6) is 0.748. The summed E-state index contributed by atoms with van der Waals surface area (Å²) >= 11 is 0. The Kier molecular flexibility index (Phi) is 5.19. The number of carbonyl (C=O) groups excluding carboxylic acids is 1. The number of nitrogens with one attached hydrogen (secondary N) is 1. The van der Waals surface area contributed by atoms with Crippen molar-refractivity contribution in [2.24, 2.45) is 0 Å². The Hall–Kier alpha value is -3.01. The first-order chi connectivity index (χ1) is 12.2. The number of hydrogen-bond acceptors (Lipinski definition) is 2. The van der Waals surface area contributed by atoms with Gasteiger partial charge in [-0.2, -0.15) is 0 Å². The van der Waals surface area contributed by atoms with Gasteiger partial charge in [0.05, 0.1) is 19.6 Å². The number of benzene rings is 2. The molecule has 0 aliphatic rings. The highest BCUT2D eigenvalue weighted by Gasteiger charge is 2.20. The van der Waals surface area contributed by atoms with Gasteiger partial charge in [0.25, 0.3) is 0 Å². The van der Waals surface area contributed by atoms with E-state index >= 15 is 0 Å². The maximum Gasteiger partial charge on any atom is 0.226 e. The van der Waals surface area contributed by atoms with Crippen LogP contribution in [-0.4, -0.2) is 17.6 Å². The number of nitrogens with zero attached hydrogens (tertiary/aromatic N) is 1. The lowest BCUT2D eigenvalue weighted by atomic mass is 10.0. The van der Waals surface area contributed by atoms with Crippen LogP contribution in [-0.2, 0) is 4.79 Å². The van der Waals surface area contributed by atoms with Gasteiger partial charge in [0.1, 0.15) is 5.75 Å². The summed E-state index contributed by atoms with van der Waals surface area (Å²) < 4.78 is 7.53. The first kappa shape index (κ1) is 16.8. The zero-order valence-corrected chi connectivity index (χ0v) is 14.5. The fraction of sp³-hybridized carbons (Fsp3) is 0.190. The van der Waals surface area contributed by atoms with E-state index < -0.39 is 0 Å². The van der Waals surface area contributed by atoms with E-state index in [9.17, 15) is 4.79 Å². The predicted molar refractivity (Wildman–Crippen MR) is 100.0 cm³/mol. The molecule has 0 fully saturated rings. The van der Waals surface area contributed by atoms with Gasteiger partial charge >= 0.3 is 0 Å². The molecule has 0 aliphatic carbocycles. The third-order valence-corrected chi connectivity index (χ3v) is 4.20. The number of aryl methyl sites for hydroxylation is 1. The van der Waals surface area contributed by atoms with E-state index in [0.29, 0.717) is 6.42 Å². The minimum atomic E-state index is -0.128. The van der Waals surface area contributed by atoms with E-state index in [0.717, 1.165) is 22.6 Å². The molecule has 0 radical (unpaired) electrons. The van der Waals surface area contributed by atoms with Crippen LogP contribution in [0.4, 0.5) is 5.69 Å². The summed E-state index contributed by atoms with van der Waals surface area (Å²) in [6.45, 7) is 2.02. The van der Waals surface area contributed by atoms with Gasteiger partial charge in [0, 0.05) is 23.6 Å². The molecule has 4 nitrogen and oxygen atoms in total. The molecule has 0 saturated carbocycles. The summed E-state index contributed by atoms with van der Waals surface area (Å²) in [5.41, 5.74) is 2.96. The average molecular weight is 334 g/mol. The summed E-state index contributed by atoms with van der Waals surface area (Å²) in [6.07, 6.45) is 4.26. The average Bonchev–Trinajstić information content (AvgIpc) is 3.16. The second-order valence-corrected chi connectivity index (χ2v) is 6.01. The standard InChI is InChI=1S/C21H22N2O2/c1-16-9-11-17(12-10-16)22-21(24)15-19(23-13-5-6-14-23)18-7-3-4-8-20(18)25-2/h3-14,19H,15H2,1-2H3,(H,22,24). The maximum atomic E-state index is 12.6. The van der Waals surface area contributed by atoms with Gasteiger partial charge in [-0.25, -0.2) is 0 Å². The van der Waals surface area contributed by atoms with Gasteiger partial charge in [0.2, 0.25) is 5.91 Å². The maximum absolute atomic E-state index is 12.6. The van der Waals surface area contributed by atoms with Crippen LogP contribution in [0.15, 0.2) is 73.1 Å². The number of rotatable bonds is 6. The molecule has 4 heteroatoms. The Balaban J connectivity index is 1.83. The van der Waals surface area contributed by atoms with Crippen molar-refractivity contribution in [2.75, 3.05) is 12.4 Å². The van der Waals surface area contributed by atoms with E-state index in [1.54, 1.807) is 7.11 Å². The second-order valence-electron chi connectivity index (χ2n) is 6.01. The summed E-state index contributed by atoms with van der Waals surface area (Å²) in [6, 6.07) is 19.4. The lowest BCUT2D eigenvalue weighted by molar-refractivity contribution is -0.116. The molecule has 1 N–H and O–H groups in total. The number of para-hydroxylation sites is 1. The van der Waals surface area contributed by atoms with Crippen molar-refractivity contribution in [1.29, 1.82) is 0 Å². The zero-order valence-electron chi connectivity index (χ0n) is 14.5. The van der Waals surface area contributed by atoms with Crippen LogP contribution in [0.2, 0.25) is 0 Å². The minimum absolute atomic E-state index is 0.0338. The van der Waals surface area contributed by atoms with Crippen LogP contribution in [0.5, 0.6) is 5.75 Å². The van der Waals surface area contributed by atoms with E-state index in [1.165, 1.54) is 0 Å². The number of aromatic nitrogens is 1. The molecule has 3 rings (SSSR count). The van der Waals surface area contributed by atoms with Crippen LogP contribution in [0.25, 0.3) is 0 Å². The number of carbonyl (C=O) groups is 1. The molecule has 0 aliphatic heterocycles. The highest BCUT2D eigenvalue weighted by atomic mass is 16.5. The quantitative estimate of drug-likeness (QED) is 0.725. The third kappa shape index (κ3) is 4.10. The Morgan fingerprint density at radius 2 is 1.72 bits per heavy atom. The van der Waals surface area contributed by atoms with Crippen molar-refractivity contribution in [2.45, 2.75) is 19.4 Å². The van der Waals surface area contributed by atoms with Crippen molar-refractivity contribution < 1.29 is 9.53 Å². The highest BCUT2D eigenvalue weighted by Crippen LogP contribution is 2.30. The highest BCUT2D eigenvalue weighted by molar-refractivity contribution is 5.91. The Morgan fingerprint density at radius 3 is 2.40 bits per heavy atom. The van der Waals surface area contributed by atoms with Crippen LogP contribution >= 0.6 is 0 Å². The van der Waals surface area contributed by atoms with E-state index in [4.69, 9.17) is 4.74 Å². The van der Waals surface area contributed by atoms with Crippen molar-refractivity contribution in [3.8, 4) is 5.75 Å². The number of hydrogen-bond donors (Lipinski definition) is 1. The molecule has 1 aromatic heterocycles. The monoisotopic (exact) mass is 334 g/mol. The fourth-order valence-electron chi connectivity index (χ4n) is 2.90. The zero-order chi connectivity index (χ0) is 17.6. The number of anilines is 1. The Labute approximate surface area is 148 Å². The number of amides is 1. The summed E-state index contributed by atoms with van der Waals surface area (Å²) in [5, 5.41) is 2.98. The summed E-state index contributed by atoms with van der Waals surface area (Å²) in [7, 11) is 1.65.